The zero-order chi connectivity index (χ0) is 50.7. The minimum absolute atomic E-state index is 0.0844. The van der Waals surface area contributed by atoms with Crippen molar-refractivity contribution in [2.75, 3.05) is 51.4 Å². The Morgan fingerprint density at radius 1 is 0.706 bits per heavy atom. The van der Waals surface area contributed by atoms with Crippen LogP contribution in [0.15, 0.2) is 85.2 Å². The van der Waals surface area contributed by atoms with Gasteiger partial charge in [0.1, 0.15) is 23.6 Å². The average Bonchev–Trinajstić information content (AvgIpc) is 3.69. The van der Waals surface area contributed by atoms with E-state index in [1.165, 1.54) is 13.4 Å². The van der Waals surface area contributed by atoms with Crippen molar-refractivity contribution in [1.29, 1.82) is 0 Å². The van der Waals surface area contributed by atoms with E-state index in [0.717, 1.165) is 76.1 Å². The molecule has 1 saturated carbocycles. The van der Waals surface area contributed by atoms with Gasteiger partial charge >= 0.3 is 42.0 Å². The van der Waals surface area contributed by atoms with Crippen LogP contribution in [0.5, 0.6) is 5.75 Å². The number of hydrogen-bond donors (Lipinski definition) is 8. The lowest BCUT2D eigenvalue weighted by atomic mass is 9.90. The van der Waals surface area contributed by atoms with Crippen molar-refractivity contribution in [3.63, 3.8) is 0 Å². The van der Waals surface area contributed by atoms with Gasteiger partial charge < -0.3 is 51.3 Å². The largest absolute Gasteiger partial charge is 0.495 e. The summed E-state index contributed by atoms with van der Waals surface area (Å²) in [6.45, 7) is 4.41. The van der Waals surface area contributed by atoms with Crippen LogP contribution >= 0.6 is 0 Å². The van der Waals surface area contributed by atoms with Crippen molar-refractivity contribution in [2.24, 2.45) is 0 Å². The lowest BCUT2D eigenvalue weighted by Gasteiger charge is -2.41. The van der Waals surface area contributed by atoms with Crippen LogP contribution in [-0.4, -0.2) is 148 Å². The normalized spacial score (nSPS) is 16.4. The van der Waals surface area contributed by atoms with Gasteiger partial charge in [0.15, 0.2) is 5.65 Å². The zero-order valence-electron chi connectivity index (χ0n) is 36.2. The maximum absolute atomic E-state index is 12.9. The summed E-state index contributed by atoms with van der Waals surface area (Å²) in [5.74, 6) is -7.43. The Morgan fingerprint density at radius 3 is 1.62 bits per heavy atom. The van der Waals surface area contributed by atoms with Gasteiger partial charge in [-0.3, -0.25) is 9.69 Å². The third kappa shape index (κ3) is 17.3. The van der Waals surface area contributed by atoms with Crippen molar-refractivity contribution < 1.29 is 82.1 Å². The number of aliphatic carboxylic acids is 6. The zero-order valence-corrected chi connectivity index (χ0v) is 36.2. The first-order valence-electron chi connectivity index (χ1n) is 20.0. The van der Waals surface area contributed by atoms with Gasteiger partial charge in [-0.05, 0) is 69.1 Å². The molecule has 9 N–H and O–H groups in total. The molecule has 364 valence electrons. The van der Waals surface area contributed by atoms with E-state index in [9.17, 15) is 46.7 Å². The molecule has 6 rings (SSSR count). The molecule has 0 radical (unpaired) electrons. The number of carboxylic acids is 6. The molecule has 4 aromatic rings. The van der Waals surface area contributed by atoms with Crippen molar-refractivity contribution >= 4 is 64.3 Å². The van der Waals surface area contributed by atoms with E-state index in [-0.39, 0.29) is 11.6 Å². The number of anilines is 2. The van der Waals surface area contributed by atoms with E-state index in [2.05, 4.69) is 32.1 Å². The molecular formula is C43H47F3N8O14. The number of alkyl halides is 3. The highest BCUT2D eigenvalue weighted by Gasteiger charge is 2.32. The number of ether oxygens (including phenoxy) is 1. The topological polar surface area (TPSA) is 338 Å². The van der Waals surface area contributed by atoms with Crippen molar-refractivity contribution in [3.8, 4) is 17.0 Å². The van der Waals surface area contributed by atoms with E-state index < -0.39 is 53.5 Å². The predicted molar refractivity (Wildman–Crippen MR) is 235 cm³/mol. The number of likely N-dealkylation sites (N-methyl/N-ethyl adjacent to an activating group) is 1. The first kappa shape index (κ1) is 54.1. The summed E-state index contributed by atoms with van der Waals surface area (Å²) in [4.78, 5) is 83.9. The van der Waals surface area contributed by atoms with Crippen molar-refractivity contribution in [2.45, 2.75) is 43.9 Å². The summed E-state index contributed by atoms with van der Waals surface area (Å²) in [6, 6.07) is 9.98. The fourth-order valence-corrected chi connectivity index (χ4v) is 6.68. The molecule has 1 amide bonds. The Kier molecular flexibility index (Phi) is 20.3. The van der Waals surface area contributed by atoms with Crippen LogP contribution in [0.3, 0.4) is 0 Å². The number of carbonyl (C=O) groups excluding carboxylic acids is 1. The molecule has 2 aliphatic rings. The highest BCUT2D eigenvalue weighted by Crippen LogP contribution is 2.39. The molecule has 3 heterocycles. The summed E-state index contributed by atoms with van der Waals surface area (Å²) in [6.07, 6.45) is 4.46. The van der Waals surface area contributed by atoms with Crippen LogP contribution in [0, 0.1) is 0 Å². The maximum atomic E-state index is 12.9. The Bertz CT molecular complexity index is 2400. The molecule has 2 aromatic carbocycles. The molecule has 0 unspecified atom stereocenters. The Balaban J connectivity index is 0.000000419. The SMILES string of the molecule is COc1cc(-c2nn(C3CCC(N4CCN(C)CC4)CC3)c3ncnc(N)c23)ccc1NC(=O)c1ccc(C(F)(F)F)cc1.O=C(O)/C=C\C(=O)O.O=C(O)/C=C\C(=O)O.O=C(O)/C=C\C(=O)O. The molecule has 2 aromatic heterocycles. The van der Waals surface area contributed by atoms with E-state index in [4.69, 9.17) is 46.2 Å². The Labute approximate surface area is 384 Å². The summed E-state index contributed by atoms with van der Waals surface area (Å²) in [5, 5.41) is 55.3. The minimum atomic E-state index is -4.48. The predicted octanol–water partition coefficient (Wildman–Crippen LogP) is 4.22. The number of hydrogen-bond acceptors (Lipinski definition) is 14. The molecule has 25 heteroatoms. The number of nitrogens with two attached hydrogens (primary N) is 1. The molecule has 0 bridgehead atoms. The van der Waals surface area contributed by atoms with Gasteiger partial charge in [0.25, 0.3) is 5.91 Å². The van der Waals surface area contributed by atoms with E-state index >= 15 is 0 Å². The van der Waals surface area contributed by atoms with Crippen LogP contribution in [0.25, 0.3) is 22.3 Å². The number of nitrogen functional groups attached to an aromatic ring is 1. The molecule has 2 fully saturated rings. The molecule has 1 aliphatic carbocycles. The number of carbonyl (C=O) groups is 7. The molecule has 0 atom stereocenters. The summed E-state index contributed by atoms with van der Waals surface area (Å²) in [5.41, 5.74) is 7.96. The smallest absolute Gasteiger partial charge is 0.416 e. The monoisotopic (exact) mass is 956 g/mol. The molecular weight excluding hydrogens is 910 g/mol. The Morgan fingerprint density at radius 2 is 1.18 bits per heavy atom. The number of carboxylic acid groups (broad SMARTS) is 6. The van der Waals surface area contributed by atoms with Gasteiger partial charge in [-0.1, -0.05) is 6.07 Å². The number of amides is 1. The number of benzene rings is 2. The lowest BCUT2D eigenvalue weighted by molar-refractivity contribution is -0.138. The number of fused-ring (bicyclic) bond motifs is 1. The molecule has 0 spiro atoms. The van der Waals surface area contributed by atoms with Crippen LogP contribution in [-0.2, 0) is 34.9 Å². The second kappa shape index (κ2) is 25.5. The van der Waals surface area contributed by atoms with Gasteiger partial charge in [-0.15, -0.1) is 0 Å². The highest BCUT2D eigenvalue weighted by atomic mass is 19.4. The van der Waals surface area contributed by atoms with Gasteiger partial charge in [0, 0.05) is 79.8 Å². The van der Waals surface area contributed by atoms with Crippen LogP contribution in [0.1, 0.15) is 47.6 Å². The van der Waals surface area contributed by atoms with E-state index in [1.54, 1.807) is 18.2 Å². The minimum Gasteiger partial charge on any atom is -0.495 e. The number of nitrogens with zero attached hydrogens (tertiary/aromatic N) is 6. The molecule has 68 heavy (non-hydrogen) atoms. The van der Waals surface area contributed by atoms with Crippen LogP contribution in [0.4, 0.5) is 24.7 Å². The van der Waals surface area contributed by atoms with E-state index in [1.807, 2.05) is 4.68 Å². The number of piperazine rings is 1. The van der Waals surface area contributed by atoms with Gasteiger partial charge in [0.2, 0.25) is 0 Å². The summed E-state index contributed by atoms with van der Waals surface area (Å²) in [7, 11) is 3.64. The molecule has 1 aliphatic heterocycles. The van der Waals surface area contributed by atoms with Gasteiger partial charge in [-0.2, -0.15) is 18.3 Å². The lowest BCUT2D eigenvalue weighted by Crippen LogP contribution is -2.49. The number of halogens is 3. The first-order valence-corrected chi connectivity index (χ1v) is 20.0. The fourth-order valence-electron chi connectivity index (χ4n) is 6.68. The number of rotatable bonds is 12. The number of aromatic nitrogens is 4. The second-order valence-electron chi connectivity index (χ2n) is 14.5. The first-order chi connectivity index (χ1) is 32.0. The van der Waals surface area contributed by atoms with Crippen LogP contribution < -0.4 is 15.8 Å². The van der Waals surface area contributed by atoms with Gasteiger partial charge in [-0.25, -0.2) is 43.4 Å². The van der Waals surface area contributed by atoms with Crippen LogP contribution in [0.2, 0.25) is 0 Å². The summed E-state index contributed by atoms with van der Waals surface area (Å²) >= 11 is 0. The quantitative estimate of drug-likeness (QED) is 0.0921. The average molecular weight is 957 g/mol. The number of methoxy groups -OCH3 is 1. The summed E-state index contributed by atoms with van der Waals surface area (Å²) < 4.78 is 46.3. The second-order valence-corrected chi connectivity index (χ2v) is 14.5. The van der Waals surface area contributed by atoms with Crippen molar-refractivity contribution in [3.05, 3.63) is 96.4 Å². The maximum Gasteiger partial charge on any atom is 0.416 e. The molecule has 1 saturated heterocycles. The highest BCUT2D eigenvalue weighted by molar-refractivity contribution is 6.05. The number of nitrogens with one attached hydrogen (secondary N) is 1. The van der Waals surface area contributed by atoms with Gasteiger partial charge in [0.05, 0.1) is 29.8 Å². The van der Waals surface area contributed by atoms with E-state index in [0.29, 0.717) is 82.0 Å². The molecule has 22 nitrogen and oxygen atoms in total. The fraction of sp³-hybridized carbons (Fsp3) is 0.302. The third-order valence-corrected chi connectivity index (χ3v) is 9.89. The Hall–Kier alpha value is -8.19. The third-order valence-electron chi connectivity index (χ3n) is 9.89. The van der Waals surface area contributed by atoms with Crippen molar-refractivity contribution in [1.82, 2.24) is 29.5 Å². The standard InChI is InChI=1S/C31H35F3N8O2.3C4H4O4/c1-40-13-15-41(16-14-40)22-8-10-23(11-9-22)42-29-26(28(35)36-18-37-29)27(39-42)20-5-12-24(25(17-20)44-2)38-30(43)19-3-6-21(7-4-19)31(32,33)34;3*5-3(6)1-2-4(7)8/h3-7,12,17-18,22-23H,8-11,13-16H2,1-2H3,(H,38,43)(H2,35,36,37);3*1-2H,(H,5,6)(H,7,8)/b;3*2-1-.